The van der Waals surface area contributed by atoms with Gasteiger partial charge in [-0.25, -0.2) is 4.98 Å². The molecule has 3 N–H and O–H groups in total. The van der Waals surface area contributed by atoms with Crippen molar-refractivity contribution in [1.82, 2.24) is 20.6 Å². The Labute approximate surface area is 200 Å². The largest absolute Gasteiger partial charge is 0.362 e. The number of nitrogens with one attached hydrogen (secondary N) is 3. The van der Waals surface area contributed by atoms with E-state index in [4.69, 9.17) is 22.2 Å². The summed E-state index contributed by atoms with van der Waals surface area (Å²) in [5, 5.41) is 11.5. The van der Waals surface area contributed by atoms with Crippen molar-refractivity contribution in [3.63, 3.8) is 0 Å². The number of hydrogen-bond acceptors (Lipinski definition) is 5. The van der Waals surface area contributed by atoms with E-state index in [9.17, 15) is 0 Å². The number of aromatic nitrogens is 2. The summed E-state index contributed by atoms with van der Waals surface area (Å²) in [5.74, 6) is 1.88. The van der Waals surface area contributed by atoms with Crippen molar-refractivity contribution in [1.29, 1.82) is 0 Å². The van der Waals surface area contributed by atoms with Crippen LogP contribution in [-0.2, 0) is 12.8 Å². The smallest absolute Gasteiger partial charge is 0.225 e. The van der Waals surface area contributed by atoms with Crippen LogP contribution >= 0.6 is 12.2 Å². The second-order valence-electron chi connectivity index (χ2n) is 11.8. The summed E-state index contributed by atoms with van der Waals surface area (Å²) in [7, 11) is 4.16. The fourth-order valence-electron chi connectivity index (χ4n) is 5.47. The van der Waals surface area contributed by atoms with Crippen LogP contribution in [-0.4, -0.2) is 46.8 Å². The Morgan fingerprint density at radius 2 is 1.59 bits per heavy atom. The molecule has 1 saturated carbocycles. The van der Waals surface area contributed by atoms with Crippen molar-refractivity contribution < 1.29 is 0 Å². The Morgan fingerprint density at radius 3 is 2.22 bits per heavy atom. The molecule has 0 saturated heterocycles. The van der Waals surface area contributed by atoms with Gasteiger partial charge < -0.3 is 20.9 Å². The van der Waals surface area contributed by atoms with Crippen LogP contribution in [0.15, 0.2) is 0 Å². The van der Waals surface area contributed by atoms with Gasteiger partial charge in [-0.15, -0.1) is 0 Å². The molecule has 6 nitrogen and oxygen atoms in total. The van der Waals surface area contributed by atoms with Crippen molar-refractivity contribution >= 4 is 29.1 Å². The first-order chi connectivity index (χ1) is 14.9. The molecule has 2 aliphatic rings. The van der Waals surface area contributed by atoms with E-state index in [1.54, 1.807) is 0 Å². The molecule has 0 aromatic carbocycles. The minimum absolute atomic E-state index is 0.0188. The molecule has 0 unspecified atom stereocenters. The first-order valence-corrected chi connectivity index (χ1v) is 12.7. The molecule has 0 bridgehead atoms. The number of nitrogens with zero attached hydrogens (tertiary/aromatic N) is 3. The first-order valence-electron chi connectivity index (χ1n) is 12.3. The van der Waals surface area contributed by atoms with E-state index in [2.05, 4.69) is 69.6 Å². The predicted molar refractivity (Wildman–Crippen MR) is 140 cm³/mol. The molecule has 1 heterocycles. The number of rotatable bonds is 6. The van der Waals surface area contributed by atoms with Crippen LogP contribution in [0.5, 0.6) is 0 Å². The zero-order chi connectivity index (χ0) is 23.5. The standard InChI is InChI=1S/C25H44N6S/c1-24(2,3)16-25(4,5)30-23(32)27-18-14-12-17(13-15-18)26-22-28-20-11-9-8-10-19(20)21(29-22)31(6)7/h17-18H,8-16H2,1-7H3,(H,26,28,29)(H2,27,30,32). The van der Waals surface area contributed by atoms with Crippen molar-refractivity contribution in [2.45, 2.75) is 110 Å². The van der Waals surface area contributed by atoms with Crippen LogP contribution in [0.25, 0.3) is 0 Å². The zero-order valence-electron chi connectivity index (χ0n) is 21.3. The zero-order valence-corrected chi connectivity index (χ0v) is 22.1. The molecule has 0 spiro atoms. The van der Waals surface area contributed by atoms with Gasteiger partial charge in [-0.05, 0) is 89.3 Å². The summed E-state index contributed by atoms with van der Waals surface area (Å²) < 4.78 is 0. The van der Waals surface area contributed by atoms with E-state index < -0.39 is 0 Å². The number of anilines is 2. The first kappa shape index (κ1) is 25.0. The van der Waals surface area contributed by atoms with E-state index in [1.165, 1.54) is 24.1 Å². The molecular weight excluding hydrogens is 416 g/mol. The minimum atomic E-state index is -0.0188. The van der Waals surface area contributed by atoms with Crippen LogP contribution in [0.3, 0.4) is 0 Å². The quantitative estimate of drug-likeness (QED) is 0.526. The molecule has 0 atom stereocenters. The number of aryl methyl sites for hydroxylation is 1. The van der Waals surface area contributed by atoms with Crippen LogP contribution in [0, 0.1) is 5.41 Å². The summed E-state index contributed by atoms with van der Waals surface area (Å²) >= 11 is 5.64. The van der Waals surface area contributed by atoms with Gasteiger partial charge in [-0.1, -0.05) is 20.8 Å². The van der Waals surface area contributed by atoms with Crippen LogP contribution in [0.2, 0.25) is 0 Å². The Balaban J connectivity index is 1.51. The van der Waals surface area contributed by atoms with Crippen LogP contribution in [0.4, 0.5) is 11.8 Å². The van der Waals surface area contributed by atoms with E-state index >= 15 is 0 Å². The average molecular weight is 461 g/mol. The van der Waals surface area contributed by atoms with Crippen molar-refractivity contribution in [3.05, 3.63) is 11.3 Å². The monoisotopic (exact) mass is 460 g/mol. The highest BCUT2D eigenvalue weighted by Crippen LogP contribution is 2.30. The lowest BCUT2D eigenvalue weighted by molar-refractivity contribution is 0.265. The third-order valence-corrected chi connectivity index (χ3v) is 6.62. The Morgan fingerprint density at radius 1 is 0.969 bits per heavy atom. The van der Waals surface area contributed by atoms with Gasteiger partial charge in [-0.3, -0.25) is 0 Å². The molecule has 32 heavy (non-hydrogen) atoms. The molecule has 1 aromatic heterocycles. The molecule has 1 aromatic rings. The molecule has 3 rings (SSSR count). The van der Waals surface area contributed by atoms with E-state index in [0.717, 1.165) is 61.8 Å². The lowest BCUT2D eigenvalue weighted by Gasteiger charge is -2.36. The van der Waals surface area contributed by atoms with Crippen molar-refractivity contribution in [2.24, 2.45) is 5.41 Å². The van der Waals surface area contributed by atoms with Crippen molar-refractivity contribution in [3.8, 4) is 0 Å². The summed E-state index contributed by atoms with van der Waals surface area (Å²) in [6.07, 6.45) is 10.1. The summed E-state index contributed by atoms with van der Waals surface area (Å²) in [6.45, 7) is 11.3. The van der Waals surface area contributed by atoms with Crippen LogP contribution in [0.1, 0.15) is 90.8 Å². The Hall–Kier alpha value is -1.63. The molecule has 0 aliphatic heterocycles. The van der Waals surface area contributed by atoms with Crippen molar-refractivity contribution in [2.75, 3.05) is 24.3 Å². The minimum Gasteiger partial charge on any atom is -0.362 e. The Kier molecular flexibility index (Phi) is 7.89. The molecule has 1 fully saturated rings. The fraction of sp³-hybridized carbons (Fsp3) is 0.800. The van der Waals surface area contributed by atoms with Gasteiger partial charge in [-0.2, -0.15) is 4.98 Å². The lowest BCUT2D eigenvalue weighted by Crippen LogP contribution is -2.52. The molecule has 0 amide bonds. The van der Waals surface area contributed by atoms with Gasteiger partial charge in [0, 0.05) is 37.3 Å². The highest BCUT2D eigenvalue weighted by Gasteiger charge is 2.28. The number of fused-ring (bicyclic) bond motifs is 1. The number of hydrogen-bond donors (Lipinski definition) is 3. The molecule has 180 valence electrons. The normalized spacial score (nSPS) is 21.5. The molecule has 7 heteroatoms. The maximum atomic E-state index is 5.64. The summed E-state index contributed by atoms with van der Waals surface area (Å²) in [5.41, 5.74) is 2.83. The molecular formula is C25H44N6S. The molecule has 2 aliphatic carbocycles. The fourth-order valence-corrected chi connectivity index (χ4v) is 5.92. The summed E-state index contributed by atoms with van der Waals surface area (Å²) in [6, 6.07) is 0.851. The highest BCUT2D eigenvalue weighted by molar-refractivity contribution is 7.80. The van der Waals surface area contributed by atoms with E-state index in [1.807, 2.05) is 0 Å². The van der Waals surface area contributed by atoms with Gasteiger partial charge in [0.25, 0.3) is 0 Å². The van der Waals surface area contributed by atoms with Gasteiger partial charge in [0.15, 0.2) is 5.11 Å². The SMILES string of the molecule is CN(C)c1nc(NC2CCC(NC(=S)NC(C)(C)CC(C)(C)C)CC2)nc2c1CCCC2. The second kappa shape index (κ2) is 10.1. The predicted octanol–water partition coefficient (Wildman–Crippen LogP) is 4.82. The average Bonchev–Trinajstić information content (AvgIpc) is 2.66. The highest BCUT2D eigenvalue weighted by atomic mass is 32.1. The summed E-state index contributed by atoms with van der Waals surface area (Å²) in [4.78, 5) is 11.9. The third-order valence-electron chi connectivity index (χ3n) is 6.40. The van der Waals surface area contributed by atoms with E-state index in [0.29, 0.717) is 12.1 Å². The second-order valence-corrected chi connectivity index (χ2v) is 12.2. The van der Waals surface area contributed by atoms with Gasteiger partial charge in [0.2, 0.25) is 5.95 Å². The molecule has 0 radical (unpaired) electrons. The van der Waals surface area contributed by atoms with Crippen LogP contribution < -0.4 is 20.9 Å². The maximum Gasteiger partial charge on any atom is 0.225 e. The maximum absolute atomic E-state index is 5.64. The number of thiocarbonyl (C=S) groups is 1. The van der Waals surface area contributed by atoms with Gasteiger partial charge in [0.05, 0.1) is 5.69 Å². The Bertz CT molecular complexity index is 790. The third kappa shape index (κ3) is 7.19. The van der Waals surface area contributed by atoms with Gasteiger partial charge in [0.1, 0.15) is 5.82 Å². The lowest BCUT2D eigenvalue weighted by atomic mass is 9.82. The topological polar surface area (TPSA) is 65.1 Å². The van der Waals surface area contributed by atoms with E-state index in [-0.39, 0.29) is 11.0 Å². The van der Waals surface area contributed by atoms with Gasteiger partial charge >= 0.3 is 0 Å².